The molecule has 4 heteroatoms. The minimum atomic E-state index is -0.449. The average molecular weight is 202 g/mol. The minimum Gasteiger partial charge on any atom is -0.444 e. The molecule has 1 amide bonds. The number of nitrogens with one attached hydrogen (secondary N) is 1. The highest BCUT2D eigenvalue weighted by Crippen LogP contribution is 2.07. The number of rotatable bonds is 4. The molecule has 1 atom stereocenters. The quantitative estimate of drug-likeness (QED) is 0.728. The highest BCUT2D eigenvalue weighted by atomic mass is 16.6. The van der Waals surface area contributed by atoms with E-state index in [0.29, 0.717) is 6.54 Å². The molecule has 3 N–H and O–H groups in total. The van der Waals surface area contributed by atoms with Crippen LogP contribution in [0, 0.1) is 0 Å². The lowest BCUT2D eigenvalue weighted by atomic mass is 10.2. The molecule has 0 saturated carbocycles. The zero-order chi connectivity index (χ0) is 11.2. The van der Waals surface area contributed by atoms with Gasteiger partial charge >= 0.3 is 6.09 Å². The molecule has 0 aromatic carbocycles. The number of hydrogen-bond donors (Lipinski definition) is 2. The van der Waals surface area contributed by atoms with Crippen LogP contribution in [-0.4, -0.2) is 24.3 Å². The van der Waals surface area contributed by atoms with E-state index >= 15 is 0 Å². The molecule has 0 aromatic rings. The van der Waals surface area contributed by atoms with Crippen molar-refractivity contribution >= 4 is 6.09 Å². The van der Waals surface area contributed by atoms with Crippen LogP contribution >= 0.6 is 0 Å². The topological polar surface area (TPSA) is 64.3 Å². The fraction of sp³-hybridized carbons (Fsp3) is 0.900. The van der Waals surface area contributed by atoms with Gasteiger partial charge in [0.1, 0.15) is 5.60 Å². The molecule has 14 heavy (non-hydrogen) atoms. The summed E-state index contributed by atoms with van der Waals surface area (Å²) in [5.41, 5.74) is 5.05. The summed E-state index contributed by atoms with van der Waals surface area (Å²) in [5, 5.41) is 2.74. The molecule has 0 unspecified atom stereocenters. The van der Waals surface area contributed by atoms with Crippen LogP contribution in [0.4, 0.5) is 4.79 Å². The molecule has 0 radical (unpaired) electrons. The molecule has 0 bridgehead atoms. The number of carbonyl (C=O) groups is 1. The van der Waals surface area contributed by atoms with Gasteiger partial charge in [-0.3, -0.25) is 0 Å². The Balaban J connectivity index is 3.91. The standard InChI is InChI=1S/C10H22N2O2/c1-5-6-8(7-11)12-9(13)14-10(2,3)4/h8H,5-7,11H2,1-4H3,(H,12,13)/t8-/m0/s1. The maximum absolute atomic E-state index is 11.3. The normalized spacial score (nSPS) is 13.5. The fourth-order valence-electron chi connectivity index (χ4n) is 1.07. The third-order valence-electron chi connectivity index (χ3n) is 1.64. The highest BCUT2D eigenvalue weighted by molar-refractivity contribution is 5.68. The van der Waals surface area contributed by atoms with E-state index in [9.17, 15) is 4.79 Å². The van der Waals surface area contributed by atoms with Gasteiger partial charge in [0.2, 0.25) is 0 Å². The van der Waals surface area contributed by atoms with Crippen LogP contribution in [0.5, 0.6) is 0 Å². The molecule has 4 nitrogen and oxygen atoms in total. The highest BCUT2D eigenvalue weighted by Gasteiger charge is 2.18. The molecule has 0 saturated heterocycles. The molecule has 0 spiro atoms. The van der Waals surface area contributed by atoms with Crippen LogP contribution in [0.3, 0.4) is 0 Å². The van der Waals surface area contributed by atoms with Crippen LogP contribution in [0.1, 0.15) is 40.5 Å². The zero-order valence-corrected chi connectivity index (χ0v) is 9.59. The summed E-state index contributed by atoms with van der Waals surface area (Å²) in [4.78, 5) is 11.3. The lowest BCUT2D eigenvalue weighted by Gasteiger charge is -2.22. The second-order valence-corrected chi connectivity index (χ2v) is 4.37. The summed E-state index contributed by atoms with van der Waals surface area (Å²) >= 11 is 0. The van der Waals surface area contributed by atoms with Gasteiger partial charge in [-0.1, -0.05) is 13.3 Å². The lowest BCUT2D eigenvalue weighted by Crippen LogP contribution is -2.42. The maximum Gasteiger partial charge on any atom is 0.407 e. The first-order valence-corrected chi connectivity index (χ1v) is 5.08. The Labute approximate surface area is 86.2 Å². The Morgan fingerprint density at radius 3 is 2.43 bits per heavy atom. The predicted octanol–water partition coefficient (Wildman–Crippen LogP) is 1.64. The second kappa shape index (κ2) is 5.86. The van der Waals surface area contributed by atoms with E-state index in [1.54, 1.807) is 0 Å². The van der Waals surface area contributed by atoms with Gasteiger partial charge in [-0.25, -0.2) is 4.79 Å². The van der Waals surface area contributed by atoms with Crippen molar-refractivity contribution in [2.24, 2.45) is 5.73 Å². The van der Waals surface area contributed by atoms with E-state index in [-0.39, 0.29) is 12.1 Å². The molecule has 84 valence electrons. The molecule has 0 aliphatic carbocycles. The molecule has 0 rings (SSSR count). The number of ether oxygens (including phenoxy) is 1. The molecule has 0 heterocycles. The summed E-state index contributed by atoms with van der Waals surface area (Å²) in [7, 11) is 0. The number of carbonyl (C=O) groups excluding carboxylic acids is 1. The number of amides is 1. The Hall–Kier alpha value is -0.770. The van der Waals surface area contributed by atoms with Gasteiger partial charge in [0.25, 0.3) is 0 Å². The second-order valence-electron chi connectivity index (χ2n) is 4.37. The third-order valence-corrected chi connectivity index (χ3v) is 1.64. The van der Waals surface area contributed by atoms with Crippen LogP contribution in [0.2, 0.25) is 0 Å². The van der Waals surface area contributed by atoms with E-state index < -0.39 is 5.60 Å². The fourth-order valence-corrected chi connectivity index (χ4v) is 1.07. The molecule has 0 fully saturated rings. The van der Waals surface area contributed by atoms with Crippen LogP contribution in [0.25, 0.3) is 0 Å². The molecule has 0 aliphatic heterocycles. The Bertz CT molecular complexity index is 175. The SMILES string of the molecule is CCC[C@@H](CN)NC(=O)OC(C)(C)C. The average Bonchev–Trinajstić information content (AvgIpc) is 2.00. The zero-order valence-electron chi connectivity index (χ0n) is 9.59. The summed E-state index contributed by atoms with van der Waals surface area (Å²) in [6.07, 6.45) is 1.49. The van der Waals surface area contributed by atoms with Crippen molar-refractivity contribution < 1.29 is 9.53 Å². The van der Waals surface area contributed by atoms with Crippen molar-refractivity contribution in [1.82, 2.24) is 5.32 Å². The molecular formula is C10H22N2O2. The van der Waals surface area contributed by atoms with E-state index in [2.05, 4.69) is 12.2 Å². The number of alkyl carbamates (subject to hydrolysis) is 1. The summed E-state index contributed by atoms with van der Waals surface area (Å²) in [6.45, 7) is 8.02. The van der Waals surface area contributed by atoms with Gasteiger partial charge in [0, 0.05) is 12.6 Å². The van der Waals surface area contributed by atoms with Crippen LogP contribution in [-0.2, 0) is 4.74 Å². The van der Waals surface area contributed by atoms with Gasteiger partial charge in [-0.2, -0.15) is 0 Å². The van der Waals surface area contributed by atoms with Crippen molar-refractivity contribution in [1.29, 1.82) is 0 Å². The summed E-state index contributed by atoms with van der Waals surface area (Å²) < 4.78 is 5.11. The smallest absolute Gasteiger partial charge is 0.407 e. The van der Waals surface area contributed by atoms with Crippen molar-refractivity contribution in [2.45, 2.75) is 52.2 Å². The predicted molar refractivity (Wildman–Crippen MR) is 57.1 cm³/mol. The monoisotopic (exact) mass is 202 g/mol. The van der Waals surface area contributed by atoms with Crippen molar-refractivity contribution in [3.63, 3.8) is 0 Å². The van der Waals surface area contributed by atoms with Gasteiger partial charge in [0.15, 0.2) is 0 Å². The number of hydrogen-bond acceptors (Lipinski definition) is 3. The Morgan fingerprint density at radius 2 is 2.07 bits per heavy atom. The van der Waals surface area contributed by atoms with Crippen LogP contribution < -0.4 is 11.1 Å². The number of nitrogens with two attached hydrogens (primary N) is 1. The first-order chi connectivity index (χ1) is 6.39. The lowest BCUT2D eigenvalue weighted by molar-refractivity contribution is 0.0503. The van der Waals surface area contributed by atoms with E-state index in [1.807, 2.05) is 20.8 Å². The van der Waals surface area contributed by atoms with Gasteiger partial charge in [-0.05, 0) is 27.2 Å². The van der Waals surface area contributed by atoms with E-state index in [1.165, 1.54) is 0 Å². The van der Waals surface area contributed by atoms with Crippen molar-refractivity contribution in [2.75, 3.05) is 6.54 Å². The van der Waals surface area contributed by atoms with Gasteiger partial charge in [-0.15, -0.1) is 0 Å². The van der Waals surface area contributed by atoms with Crippen molar-refractivity contribution in [3.8, 4) is 0 Å². The Kier molecular flexibility index (Phi) is 5.53. The third kappa shape index (κ3) is 6.71. The van der Waals surface area contributed by atoms with Crippen LogP contribution in [0.15, 0.2) is 0 Å². The Morgan fingerprint density at radius 1 is 1.50 bits per heavy atom. The first kappa shape index (κ1) is 13.2. The first-order valence-electron chi connectivity index (χ1n) is 5.08. The largest absolute Gasteiger partial charge is 0.444 e. The minimum absolute atomic E-state index is 0.0230. The molecule has 0 aliphatic rings. The van der Waals surface area contributed by atoms with Gasteiger partial charge < -0.3 is 15.8 Å². The van der Waals surface area contributed by atoms with Crippen molar-refractivity contribution in [3.05, 3.63) is 0 Å². The molecular weight excluding hydrogens is 180 g/mol. The maximum atomic E-state index is 11.3. The summed E-state index contributed by atoms with van der Waals surface area (Å²) in [6, 6.07) is 0.0230. The van der Waals surface area contributed by atoms with Gasteiger partial charge in [0.05, 0.1) is 0 Å². The van der Waals surface area contributed by atoms with E-state index in [4.69, 9.17) is 10.5 Å². The molecule has 0 aromatic heterocycles. The van der Waals surface area contributed by atoms with E-state index in [0.717, 1.165) is 12.8 Å². The summed E-state index contributed by atoms with van der Waals surface area (Å²) in [5.74, 6) is 0.